The van der Waals surface area contributed by atoms with E-state index >= 15 is 0 Å². The molecule has 0 bridgehead atoms. The van der Waals surface area contributed by atoms with E-state index < -0.39 is 6.04 Å². The van der Waals surface area contributed by atoms with Crippen LogP contribution in [0.15, 0.2) is 24.4 Å². The number of halogens is 2. The van der Waals surface area contributed by atoms with Gasteiger partial charge in [-0.2, -0.15) is 5.10 Å². The van der Waals surface area contributed by atoms with Crippen molar-refractivity contribution in [3.05, 3.63) is 35.8 Å². The molecule has 21 heavy (non-hydrogen) atoms. The summed E-state index contributed by atoms with van der Waals surface area (Å²) >= 11 is 0. The van der Waals surface area contributed by atoms with Gasteiger partial charge in [-0.25, -0.2) is 9.67 Å². The standard InChI is InChI=1S/C13H17N5O.2ClH/c1-8-6-9(2)18(17-8)12-5-4-11(7-15-12)16-13(19)10(3)14;;/h4-7,10H,14H2,1-3H3,(H,16,19);2*1H/t10-;;/m0../s1. The first-order valence-electron chi connectivity index (χ1n) is 6.03. The molecule has 0 spiro atoms. The summed E-state index contributed by atoms with van der Waals surface area (Å²) in [6.07, 6.45) is 1.59. The fourth-order valence-corrected chi connectivity index (χ4v) is 1.70. The Bertz CT molecular complexity index is 595. The highest BCUT2D eigenvalue weighted by atomic mass is 35.5. The Kier molecular flexibility index (Phi) is 7.35. The van der Waals surface area contributed by atoms with Crippen molar-refractivity contribution >= 4 is 36.4 Å². The number of hydrogen-bond donors (Lipinski definition) is 2. The van der Waals surface area contributed by atoms with Gasteiger partial charge in [0, 0.05) is 5.69 Å². The predicted molar refractivity (Wildman–Crippen MR) is 87.6 cm³/mol. The molecule has 8 heteroatoms. The first kappa shape index (κ1) is 19.4. The highest BCUT2D eigenvalue weighted by molar-refractivity contribution is 5.94. The summed E-state index contributed by atoms with van der Waals surface area (Å²) in [5, 5.41) is 7.03. The van der Waals surface area contributed by atoms with Crippen molar-refractivity contribution in [2.24, 2.45) is 5.73 Å². The van der Waals surface area contributed by atoms with Crippen molar-refractivity contribution in [3.63, 3.8) is 0 Å². The molecule has 2 aromatic rings. The van der Waals surface area contributed by atoms with Crippen LogP contribution in [0, 0.1) is 13.8 Å². The molecule has 0 aliphatic heterocycles. The maximum absolute atomic E-state index is 11.4. The van der Waals surface area contributed by atoms with Crippen LogP contribution in [-0.4, -0.2) is 26.7 Å². The minimum absolute atomic E-state index is 0. The first-order valence-corrected chi connectivity index (χ1v) is 6.03. The molecule has 0 aromatic carbocycles. The van der Waals surface area contributed by atoms with Crippen LogP contribution >= 0.6 is 24.8 Å². The maximum atomic E-state index is 11.4. The van der Waals surface area contributed by atoms with Crippen LogP contribution in [0.25, 0.3) is 5.82 Å². The number of hydrogen-bond acceptors (Lipinski definition) is 4. The minimum Gasteiger partial charge on any atom is -0.323 e. The topological polar surface area (TPSA) is 85.8 Å². The number of rotatable bonds is 3. The summed E-state index contributed by atoms with van der Waals surface area (Å²) in [4.78, 5) is 15.7. The molecule has 3 N–H and O–H groups in total. The van der Waals surface area contributed by atoms with E-state index in [4.69, 9.17) is 5.73 Å². The second-order valence-electron chi connectivity index (χ2n) is 4.52. The molecular weight excluding hydrogens is 313 g/mol. The third-order valence-corrected chi connectivity index (χ3v) is 2.66. The van der Waals surface area contributed by atoms with E-state index in [9.17, 15) is 4.79 Å². The quantitative estimate of drug-likeness (QED) is 0.900. The summed E-state index contributed by atoms with van der Waals surface area (Å²) in [6.45, 7) is 5.53. The largest absolute Gasteiger partial charge is 0.323 e. The molecule has 1 amide bonds. The maximum Gasteiger partial charge on any atom is 0.241 e. The van der Waals surface area contributed by atoms with Gasteiger partial charge in [0.25, 0.3) is 0 Å². The van der Waals surface area contributed by atoms with Crippen molar-refractivity contribution in [3.8, 4) is 5.82 Å². The van der Waals surface area contributed by atoms with Crippen LogP contribution in [0.1, 0.15) is 18.3 Å². The van der Waals surface area contributed by atoms with Gasteiger partial charge in [-0.3, -0.25) is 4.79 Å². The Balaban J connectivity index is 0.00000200. The molecule has 0 saturated heterocycles. The zero-order chi connectivity index (χ0) is 14.0. The average Bonchev–Trinajstić information content (AvgIpc) is 2.69. The average molecular weight is 332 g/mol. The molecule has 0 aliphatic carbocycles. The zero-order valence-electron chi connectivity index (χ0n) is 12.0. The molecule has 0 aliphatic rings. The number of carbonyl (C=O) groups excluding carboxylic acids is 1. The van der Waals surface area contributed by atoms with Crippen LogP contribution in [0.4, 0.5) is 5.69 Å². The van der Waals surface area contributed by atoms with Crippen LogP contribution in [0.5, 0.6) is 0 Å². The van der Waals surface area contributed by atoms with E-state index in [0.29, 0.717) is 11.5 Å². The van der Waals surface area contributed by atoms with Crippen LogP contribution in [-0.2, 0) is 4.79 Å². The van der Waals surface area contributed by atoms with Crippen molar-refractivity contribution in [2.45, 2.75) is 26.8 Å². The van der Waals surface area contributed by atoms with Crippen molar-refractivity contribution in [1.82, 2.24) is 14.8 Å². The Hall–Kier alpha value is -1.63. The number of amides is 1. The van der Waals surface area contributed by atoms with Gasteiger partial charge < -0.3 is 11.1 Å². The molecule has 2 rings (SSSR count). The third-order valence-electron chi connectivity index (χ3n) is 2.66. The summed E-state index contributed by atoms with van der Waals surface area (Å²) in [7, 11) is 0. The summed E-state index contributed by atoms with van der Waals surface area (Å²) in [5.74, 6) is 0.477. The van der Waals surface area contributed by atoms with Crippen molar-refractivity contribution < 1.29 is 4.79 Å². The molecule has 116 valence electrons. The van der Waals surface area contributed by atoms with Gasteiger partial charge in [-0.1, -0.05) is 0 Å². The van der Waals surface area contributed by atoms with E-state index in [1.807, 2.05) is 19.9 Å². The second-order valence-corrected chi connectivity index (χ2v) is 4.52. The zero-order valence-corrected chi connectivity index (χ0v) is 13.7. The summed E-state index contributed by atoms with van der Waals surface area (Å²) < 4.78 is 1.76. The van der Waals surface area contributed by atoms with Gasteiger partial charge in [0.2, 0.25) is 5.91 Å². The van der Waals surface area contributed by atoms with E-state index in [1.54, 1.807) is 29.9 Å². The lowest BCUT2D eigenvalue weighted by molar-refractivity contribution is -0.117. The highest BCUT2D eigenvalue weighted by Crippen LogP contribution is 2.12. The molecular formula is C13H19Cl2N5O. The fraction of sp³-hybridized carbons (Fsp3) is 0.308. The van der Waals surface area contributed by atoms with E-state index in [1.165, 1.54) is 0 Å². The predicted octanol–water partition coefficient (Wildman–Crippen LogP) is 2.01. The van der Waals surface area contributed by atoms with Gasteiger partial charge >= 0.3 is 0 Å². The summed E-state index contributed by atoms with van der Waals surface area (Å²) in [5.41, 5.74) is 8.05. The Morgan fingerprint density at radius 2 is 2.00 bits per heavy atom. The number of aryl methyl sites for hydroxylation is 2. The van der Waals surface area contributed by atoms with Crippen LogP contribution in [0.3, 0.4) is 0 Å². The number of nitrogens with two attached hydrogens (primary N) is 1. The van der Waals surface area contributed by atoms with Crippen LogP contribution < -0.4 is 11.1 Å². The minimum atomic E-state index is -0.546. The molecule has 1 atom stereocenters. The lowest BCUT2D eigenvalue weighted by Crippen LogP contribution is -2.32. The number of nitrogens with one attached hydrogen (secondary N) is 1. The number of nitrogens with zero attached hydrogens (tertiary/aromatic N) is 3. The van der Waals surface area contributed by atoms with Gasteiger partial charge in [0.05, 0.1) is 23.6 Å². The second kappa shape index (κ2) is 7.97. The molecule has 6 nitrogen and oxygen atoms in total. The fourth-order valence-electron chi connectivity index (χ4n) is 1.70. The van der Waals surface area contributed by atoms with Crippen molar-refractivity contribution in [2.75, 3.05) is 5.32 Å². The molecule has 0 saturated carbocycles. The van der Waals surface area contributed by atoms with E-state index in [-0.39, 0.29) is 30.7 Å². The molecule has 2 heterocycles. The lowest BCUT2D eigenvalue weighted by atomic mass is 10.3. The SMILES string of the molecule is Cc1cc(C)n(-c2ccc(NC(=O)[C@H](C)N)cn2)n1.Cl.Cl. The van der Waals surface area contributed by atoms with Crippen molar-refractivity contribution in [1.29, 1.82) is 0 Å². The van der Waals surface area contributed by atoms with E-state index in [2.05, 4.69) is 15.4 Å². The van der Waals surface area contributed by atoms with Gasteiger partial charge in [-0.15, -0.1) is 24.8 Å². The summed E-state index contributed by atoms with van der Waals surface area (Å²) in [6, 6.07) is 5.01. The molecule has 0 fully saturated rings. The molecule has 0 radical (unpaired) electrons. The number of carbonyl (C=O) groups is 1. The third kappa shape index (κ3) is 4.70. The smallest absolute Gasteiger partial charge is 0.241 e. The van der Waals surface area contributed by atoms with Gasteiger partial charge in [0.1, 0.15) is 0 Å². The Labute approximate surface area is 135 Å². The van der Waals surface area contributed by atoms with Crippen LogP contribution in [0.2, 0.25) is 0 Å². The first-order chi connectivity index (χ1) is 8.97. The molecule has 2 aromatic heterocycles. The Morgan fingerprint density at radius 1 is 1.33 bits per heavy atom. The monoisotopic (exact) mass is 331 g/mol. The normalized spacial score (nSPS) is 11.0. The molecule has 0 unspecified atom stereocenters. The highest BCUT2D eigenvalue weighted by Gasteiger charge is 2.08. The Morgan fingerprint density at radius 3 is 2.43 bits per heavy atom. The number of aromatic nitrogens is 3. The lowest BCUT2D eigenvalue weighted by Gasteiger charge is -2.08. The van der Waals surface area contributed by atoms with Gasteiger partial charge in [0.15, 0.2) is 5.82 Å². The van der Waals surface area contributed by atoms with Gasteiger partial charge in [-0.05, 0) is 39.0 Å². The van der Waals surface area contributed by atoms with E-state index in [0.717, 1.165) is 11.4 Å². The number of pyridine rings is 1. The number of anilines is 1.